The molecule has 1 amide bonds. The second-order valence-electron chi connectivity index (χ2n) is 6.11. The van der Waals surface area contributed by atoms with Crippen LogP contribution in [0.5, 0.6) is 11.5 Å². The number of nitrogens with one attached hydrogen (secondary N) is 1. The molecule has 0 aliphatic heterocycles. The number of carbonyl (C=O) groups is 1. The van der Waals surface area contributed by atoms with Crippen molar-refractivity contribution in [2.24, 2.45) is 0 Å². The van der Waals surface area contributed by atoms with Crippen LogP contribution in [-0.4, -0.2) is 39.5 Å². The van der Waals surface area contributed by atoms with Gasteiger partial charge in [0.2, 0.25) is 5.91 Å². The number of rotatable bonds is 8. The first-order valence-corrected chi connectivity index (χ1v) is 10.5. The van der Waals surface area contributed by atoms with Crippen LogP contribution in [0.25, 0.3) is 5.65 Å². The zero-order valence-corrected chi connectivity index (χ0v) is 18.1. The summed E-state index contributed by atoms with van der Waals surface area (Å²) in [5.41, 5.74) is -0.447. The van der Waals surface area contributed by atoms with E-state index in [0.29, 0.717) is 30.4 Å². The van der Waals surface area contributed by atoms with E-state index in [9.17, 15) is 18.0 Å². The number of halogens is 4. The lowest BCUT2D eigenvalue weighted by atomic mass is 10.2. The molecule has 0 saturated carbocycles. The summed E-state index contributed by atoms with van der Waals surface area (Å²) in [5, 5.41) is 10.3. The van der Waals surface area contributed by atoms with Gasteiger partial charge in [-0.2, -0.15) is 13.2 Å². The molecule has 3 rings (SSSR count). The van der Waals surface area contributed by atoms with Gasteiger partial charge >= 0.3 is 6.18 Å². The number of hydrogen-bond donors (Lipinski definition) is 1. The van der Waals surface area contributed by atoms with Crippen molar-refractivity contribution >= 4 is 40.6 Å². The van der Waals surface area contributed by atoms with E-state index in [0.717, 1.165) is 28.4 Å². The first kappa shape index (κ1) is 23.0. The molecule has 2 aromatic heterocycles. The van der Waals surface area contributed by atoms with Crippen molar-refractivity contribution < 1.29 is 27.4 Å². The number of nitrogens with zero attached hydrogens (tertiary/aromatic N) is 3. The monoisotopic (exact) mass is 474 g/mol. The van der Waals surface area contributed by atoms with E-state index in [4.69, 9.17) is 21.1 Å². The fourth-order valence-corrected chi connectivity index (χ4v) is 3.60. The Morgan fingerprint density at radius 1 is 1.19 bits per heavy atom. The van der Waals surface area contributed by atoms with Gasteiger partial charge in [-0.3, -0.25) is 9.20 Å². The minimum absolute atomic E-state index is 0.0700. The number of amides is 1. The summed E-state index contributed by atoms with van der Waals surface area (Å²) in [7, 11) is 0. The number of alkyl halides is 3. The highest BCUT2D eigenvalue weighted by atomic mass is 35.5. The topological polar surface area (TPSA) is 77.8 Å². The number of anilines is 1. The lowest BCUT2D eigenvalue weighted by molar-refractivity contribution is -0.137. The molecule has 7 nitrogen and oxygen atoms in total. The van der Waals surface area contributed by atoms with E-state index in [2.05, 4.69) is 15.5 Å². The van der Waals surface area contributed by atoms with Crippen molar-refractivity contribution in [3.63, 3.8) is 0 Å². The summed E-state index contributed by atoms with van der Waals surface area (Å²) in [5.74, 6) is 0.499. The van der Waals surface area contributed by atoms with Crippen LogP contribution in [0.2, 0.25) is 5.02 Å². The maximum Gasteiger partial charge on any atom is 0.417 e. The SMILES string of the molecule is CCOc1ccc(OCC)c(NC(=O)CSc2nnc3c(Cl)cc(C(F)(F)F)cn23)c1. The summed E-state index contributed by atoms with van der Waals surface area (Å²) in [6, 6.07) is 5.83. The van der Waals surface area contributed by atoms with Crippen molar-refractivity contribution in [2.45, 2.75) is 25.2 Å². The lowest BCUT2D eigenvalue weighted by Gasteiger charge is -2.13. The smallest absolute Gasteiger partial charge is 0.417 e. The Hall–Kier alpha value is -2.66. The Morgan fingerprint density at radius 2 is 1.94 bits per heavy atom. The summed E-state index contributed by atoms with van der Waals surface area (Å²) < 4.78 is 51.3. The molecule has 0 aliphatic carbocycles. The van der Waals surface area contributed by atoms with Gasteiger partial charge in [-0.15, -0.1) is 10.2 Å². The van der Waals surface area contributed by atoms with Crippen LogP contribution < -0.4 is 14.8 Å². The maximum atomic E-state index is 13.1. The molecule has 0 spiro atoms. The number of pyridine rings is 1. The van der Waals surface area contributed by atoms with Gasteiger partial charge in [-0.1, -0.05) is 23.4 Å². The lowest BCUT2D eigenvalue weighted by Crippen LogP contribution is -2.15. The fourth-order valence-electron chi connectivity index (χ4n) is 2.65. The second-order valence-corrected chi connectivity index (χ2v) is 7.46. The number of aromatic nitrogens is 3. The zero-order valence-electron chi connectivity index (χ0n) is 16.5. The number of fused-ring (bicyclic) bond motifs is 1. The summed E-state index contributed by atoms with van der Waals surface area (Å²) in [6.45, 7) is 4.51. The Labute approximate surface area is 184 Å². The van der Waals surface area contributed by atoms with Gasteiger partial charge in [0.15, 0.2) is 10.8 Å². The summed E-state index contributed by atoms with van der Waals surface area (Å²) in [6.07, 6.45) is -3.73. The molecule has 0 atom stereocenters. The van der Waals surface area contributed by atoms with Crippen LogP contribution in [-0.2, 0) is 11.0 Å². The van der Waals surface area contributed by atoms with Crippen LogP contribution in [0.3, 0.4) is 0 Å². The molecule has 0 bridgehead atoms. The van der Waals surface area contributed by atoms with E-state index in [1.165, 1.54) is 0 Å². The fraction of sp³-hybridized carbons (Fsp3) is 0.316. The van der Waals surface area contributed by atoms with Crippen molar-refractivity contribution in [1.82, 2.24) is 14.6 Å². The number of hydrogen-bond acceptors (Lipinski definition) is 6. The maximum absolute atomic E-state index is 13.1. The largest absolute Gasteiger partial charge is 0.494 e. The van der Waals surface area contributed by atoms with E-state index in [1.54, 1.807) is 18.2 Å². The third-order valence-electron chi connectivity index (χ3n) is 3.92. The van der Waals surface area contributed by atoms with Crippen molar-refractivity contribution in [1.29, 1.82) is 0 Å². The highest BCUT2D eigenvalue weighted by molar-refractivity contribution is 7.99. The van der Waals surface area contributed by atoms with Gasteiger partial charge in [0, 0.05) is 12.3 Å². The molecule has 166 valence electrons. The molecule has 2 heterocycles. The summed E-state index contributed by atoms with van der Waals surface area (Å²) >= 11 is 6.83. The van der Waals surface area contributed by atoms with Crippen LogP contribution in [0, 0.1) is 0 Å². The number of thioether (sulfide) groups is 1. The molecular formula is C19H18ClF3N4O3S. The van der Waals surface area contributed by atoms with Crippen molar-refractivity contribution in [3.8, 4) is 11.5 Å². The zero-order chi connectivity index (χ0) is 22.6. The summed E-state index contributed by atoms with van der Waals surface area (Å²) in [4.78, 5) is 12.5. The third kappa shape index (κ3) is 5.53. The van der Waals surface area contributed by atoms with Crippen LogP contribution in [0.15, 0.2) is 35.6 Å². The van der Waals surface area contributed by atoms with Crippen molar-refractivity contribution in [3.05, 3.63) is 41.0 Å². The number of benzene rings is 1. The standard InChI is InChI=1S/C19H18ClF3N4O3S/c1-3-29-12-5-6-15(30-4-2)14(8-12)24-16(28)10-31-18-26-25-17-13(20)7-11(9-27(17)18)19(21,22)23/h5-9H,3-4,10H2,1-2H3,(H,24,28). The molecule has 0 fully saturated rings. The highest BCUT2D eigenvalue weighted by Gasteiger charge is 2.32. The Kier molecular flexibility index (Phi) is 7.16. The van der Waals surface area contributed by atoms with E-state index >= 15 is 0 Å². The Bertz CT molecular complexity index is 1090. The van der Waals surface area contributed by atoms with Crippen LogP contribution in [0.1, 0.15) is 19.4 Å². The van der Waals surface area contributed by atoms with Crippen LogP contribution >= 0.6 is 23.4 Å². The number of carbonyl (C=O) groups excluding carboxylic acids is 1. The Morgan fingerprint density at radius 3 is 2.61 bits per heavy atom. The minimum Gasteiger partial charge on any atom is -0.494 e. The van der Waals surface area contributed by atoms with Gasteiger partial charge < -0.3 is 14.8 Å². The molecule has 1 N–H and O–H groups in total. The van der Waals surface area contributed by atoms with Gasteiger partial charge in [-0.05, 0) is 32.0 Å². The highest BCUT2D eigenvalue weighted by Crippen LogP contribution is 2.33. The van der Waals surface area contributed by atoms with E-state index in [1.807, 2.05) is 13.8 Å². The molecule has 12 heteroatoms. The quantitative estimate of drug-likeness (QED) is 0.466. The Balaban J connectivity index is 1.76. The molecule has 0 unspecified atom stereocenters. The average Bonchev–Trinajstić information content (AvgIpc) is 3.12. The van der Waals surface area contributed by atoms with Crippen molar-refractivity contribution in [2.75, 3.05) is 24.3 Å². The first-order valence-electron chi connectivity index (χ1n) is 9.16. The van der Waals surface area contributed by atoms with Crippen LogP contribution in [0.4, 0.5) is 18.9 Å². The minimum atomic E-state index is -4.58. The van der Waals surface area contributed by atoms with E-state index in [-0.39, 0.29) is 21.6 Å². The predicted octanol–water partition coefficient (Wildman–Crippen LogP) is 4.93. The number of ether oxygens (including phenoxy) is 2. The molecular weight excluding hydrogens is 457 g/mol. The normalized spacial score (nSPS) is 11.5. The average molecular weight is 475 g/mol. The third-order valence-corrected chi connectivity index (χ3v) is 5.15. The molecule has 0 aliphatic rings. The van der Waals surface area contributed by atoms with Gasteiger partial charge in [0.1, 0.15) is 11.5 Å². The second kappa shape index (κ2) is 9.65. The molecule has 31 heavy (non-hydrogen) atoms. The predicted molar refractivity (Wildman–Crippen MR) is 111 cm³/mol. The van der Waals surface area contributed by atoms with Gasteiger partial charge in [-0.25, -0.2) is 0 Å². The first-order chi connectivity index (χ1) is 14.7. The van der Waals surface area contributed by atoms with E-state index < -0.39 is 17.6 Å². The van der Waals surface area contributed by atoms with Gasteiger partial charge in [0.05, 0.1) is 35.2 Å². The molecule has 1 aromatic carbocycles. The van der Waals surface area contributed by atoms with Gasteiger partial charge in [0.25, 0.3) is 0 Å². The molecule has 0 radical (unpaired) electrons. The molecule has 0 saturated heterocycles. The molecule has 3 aromatic rings.